The van der Waals surface area contributed by atoms with E-state index in [2.05, 4.69) is 43.9 Å². The fraction of sp³-hybridized carbons (Fsp3) is 0.455. The van der Waals surface area contributed by atoms with Gasteiger partial charge in [0, 0.05) is 31.9 Å². The third-order valence-electron chi connectivity index (χ3n) is 5.28. The number of hydrogen-bond donors (Lipinski definition) is 0. The number of benzene rings is 2. The van der Waals surface area contributed by atoms with E-state index >= 15 is 0 Å². The molecule has 152 valence electrons. The molecule has 0 saturated carbocycles. The molecule has 0 aromatic heterocycles. The second kappa shape index (κ2) is 8.97. The lowest BCUT2D eigenvalue weighted by Crippen LogP contribution is -2.49. The molecule has 2 aromatic carbocycles. The third-order valence-corrected chi connectivity index (χ3v) is 7.11. The number of aryl methyl sites for hydroxylation is 3. The fourth-order valence-corrected chi connectivity index (χ4v) is 4.75. The van der Waals surface area contributed by atoms with E-state index in [9.17, 15) is 8.42 Å². The Morgan fingerprint density at radius 1 is 0.964 bits per heavy atom. The molecular weight excluding hydrogens is 372 g/mol. The molecule has 0 atom stereocenters. The molecular formula is C22H30N2O3S. The summed E-state index contributed by atoms with van der Waals surface area (Å²) in [7, 11) is -3.31. The zero-order valence-electron chi connectivity index (χ0n) is 17.0. The Kier molecular flexibility index (Phi) is 6.62. The highest BCUT2D eigenvalue weighted by Gasteiger charge is 2.27. The Morgan fingerprint density at radius 3 is 2.29 bits per heavy atom. The van der Waals surface area contributed by atoms with E-state index in [1.807, 2.05) is 24.3 Å². The fourth-order valence-electron chi connectivity index (χ4n) is 3.48. The molecule has 0 spiro atoms. The van der Waals surface area contributed by atoms with Crippen molar-refractivity contribution in [1.29, 1.82) is 0 Å². The van der Waals surface area contributed by atoms with Gasteiger partial charge in [-0.25, -0.2) is 8.42 Å². The molecule has 5 nitrogen and oxygen atoms in total. The van der Waals surface area contributed by atoms with Crippen LogP contribution in [0, 0.1) is 13.8 Å². The first-order chi connectivity index (χ1) is 13.4. The van der Waals surface area contributed by atoms with E-state index in [0.717, 1.165) is 6.42 Å². The van der Waals surface area contributed by atoms with Crippen molar-refractivity contribution in [2.75, 3.05) is 43.4 Å². The van der Waals surface area contributed by atoms with Gasteiger partial charge in [-0.05, 0) is 55.2 Å². The Balaban J connectivity index is 1.51. The van der Waals surface area contributed by atoms with Crippen LogP contribution in [0.1, 0.15) is 23.6 Å². The Hall–Kier alpha value is -2.05. The highest BCUT2D eigenvalue weighted by Crippen LogP contribution is 2.23. The number of rotatable bonds is 7. The van der Waals surface area contributed by atoms with Crippen LogP contribution in [-0.4, -0.2) is 51.3 Å². The molecule has 2 aromatic rings. The molecule has 1 heterocycles. The minimum Gasteiger partial charge on any atom is -0.492 e. The smallest absolute Gasteiger partial charge is 0.217 e. The number of nitrogens with zero attached hydrogens (tertiary/aromatic N) is 2. The van der Waals surface area contributed by atoms with E-state index in [4.69, 9.17) is 4.74 Å². The zero-order valence-corrected chi connectivity index (χ0v) is 17.8. The molecule has 6 heteroatoms. The van der Waals surface area contributed by atoms with Crippen molar-refractivity contribution in [3.8, 4) is 5.75 Å². The minimum atomic E-state index is -3.31. The lowest BCUT2D eigenvalue weighted by Gasteiger charge is -2.36. The molecule has 0 bridgehead atoms. The summed E-state index contributed by atoms with van der Waals surface area (Å²) in [6.45, 7) is 8.91. The van der Waals surface area contributed by atoms with E-state index in [0.29, 0.717) is 31.9 Å². The molecule has 28 heavy (non-hydrogen) atoms. The maximum Gasteiger partial charge on any atom is 0.217 e. The summed E-state index contributed by atoms with van der Waals surface area (Å²) in [5, 5.41) is 0. The van der Waals surface area contributed by atoms with Gasteiger partial charge in [0.05, 0.1) is 5.75 Å². The summed E-state index contributed by atoms with van der Waals surface area (Å²) in [6.07, 6.45) is 0.975. The van der Waals surface area contributed by atoms with Crippen molar-refractivity contribution in [2.24, 2.45) is 0 Å². The summed E-state index contributed by atoms with van der Waals surface area (Å²) in [5.41, 5.74) is 4.89. The average molecular weight is 403 g/mol. The molecule has 1 aliphatic rings. The van der Waals surface area contributed by atoms with Crippen LogP contribution >= 0.6 is 0 Å². The van der Waals surface area contributed by atoms with E-state index in [-0.39, 0.29) is 12.4 Å². The van der Waals surface area contributed by atoms with Gasteiger partial charge in [-0.1, -0.05) is 31.2 Å². The van der Waals surface area contributed by atoms with Gasteiger partial charge in [0.2, 0.25) is 10.0 Å². The Bertz CT molecular complexity index is 886. The first-order valence-corrected chi connectivity index (χ1v) is 11.5. The quantitative estimate of drug-likeness (QED) is 0.712. The topological polar surface area (TPSA) is 49.9 Å². The van der Waals surface area contributed by atoms with Gasteiger partial charge >= 0.3 is 0 Å². The van der Waals surface area contributed by atoms with Crippen molar-refractivity contribution in [1.82, 2.24) is 4.31 Å². The summed E-state index contributed by atoms with van der Waals surface area (Å²) >= 11 is 0. The van der Waals surface area contributed by atoms with Gasteiger partial charge < -0.3 is 9.64 Å². The van der Waals surface area contributed by atoms with Crippen LogP contribution < -0.4 is 9.64 Å². The lowest BCUT2D eigenvalue weighted by molar-refractivity contribution is 0.331. The predicted octanol–water partition coefficient (Wildman–Crippen LogP) is 3.40. The largest absolute Gasteiger partial charge is 0.492 e. The van der Waals surface area contributed by atoms with Crippen molar-refractivity contribution in [3.63, 3.8) is 0 Å². The summed E-state index contributed by atoms with van der Waals surface area (Å²) in [5.74, 6) is 0.721. The summed E-state index contributed by atoms with van der Waals surface area (Å²) < 4.78 is 32.6. The molecule has 0 unspecified atom stereocenters. The third kappa shape index (κ3) is 5.06. The van der Waals surface area contributed by atoms with Crippen LogP contribution in [0.4, 0.5) is 5.69 Å². The second-order valence-corrected chi connectivity index (χ2v) is 9.43. The average Bonchev–Trinajstić information content (AvgIpc) is 2.70. The van der Waals surface area contributed by atoms with Gasteiger partial charge in [-0.3, -0.25) is 0 Å². The zero-order chi connectivity index (χ0) is 20.1. The van der Waals surface area contributed by atoms with Gasteiger partial charge in [0.25, 0.3) is 0 Å². The normalized spacial score (nSPS) is 15.6. The molecule has 3 rings (SSSR count). The lowest BCUT2D eigenvalue weighted by atomic mass is 10.1. The van der Waals surface area contributed by atoms with Crippen LogP contribution in [0.25, 0.3) is 0 Å². The van der Waals surface area contributed by atoms with Crippen molar-refractivity contribution < 1.29 is 13.2 Å². The number of ether oxygens (including phenoxy) is 1. The van der Waals surface area contributed by atoms with E-state index in [1.54, 1.807) is 4.31 Å². The Morgan fingerprint density at radius 2 is 1.64 bits per heavy atom. The van der Waals surface area contributed by atoms with Crippen LogP contribution in [0.2, 0.25) is 0 Å². The minimum absolute atomic E-state index is 0.00595. The van der Waals surface area contributed by atoms with Gasteiger partial charge in [-0.15, -0.1) is 0 Å². The first kappa shape index (κ1) is 20.7. The van der Waals surface area contributed by atoms with Crippen molar-refractivity contribution in [2.45, 2.75) is 27.2 Å². The SMILES string of the molecule is CCc1ccc(OCCS(=O)(=O)N2CCN(c3cc(C)ccc3C)CC2)cc1. The van der Waals surface area contributed by atoms with Crippen LogP contribution in [-0.2, 0) is 16.4 Å². The highest BCUT2D eigenvalue weighted by atomic mass is 32.2. The summed E-state index contributed by atoms with van der Waals surface area (Å²) in [4.78, 5) is 2.28. The Labute approximate surface area is 169 Å². The second-order valence-electron chi connectivity index (χ2n) is 7.34. The maximum absolute atomic E-state index is 12.7. The van der Waals surface area contributed by atoms with Crippen LogP contribution in [0.5, 0.6) is 5.75 Å². The molecule has 0 amide bonds. The van der Waals surface area contributed by atoms with Crippen LogP contribution in [0.15, 0.2) is 42.5 Å². The first-order valence-electron chi connectivity index (χ1n) is 9.91. The van der Waals surface area contributed by atoms with Crippen molar-refractivity contribution >= 4 is 15.7 Å². The number of anilines is 1. The van der Waals surface area contributed by atoms with E-state index < -0.39 is 10.0 Å². The number of hydrogen-bond acceptors (Lipinski definition) is 4. The van der Waals surface area contributed by atoms with Gasteiger partial charge in [0.15, 0.2) is 0 Å². The molecule has 1 aliphatic heterocycles. The highest BCUT2D eigenvalue weighted by molar-refractivity contribution is 7.89. The molecule has 1 saturated heterocycles. The predicted molar refractivity (Wildman–Crippen MR) is 115 cm³/mol. The maximum atomic E-state index is 12.7. The number of piperazine rings is 1. The van der Waals surface area contributed by atoms with Crippen molar-refractivity contribution in [3.05, 3.63) is 59.2 Å². The van der Waals surface area contributed by atoms with Crippen LogP contribution in [0.3, 0.4) is 0 Å². The molecule has 0 radical (unpaired) electrons. The molecule has 0 aliphatic carbocycles. The van der Waals surface area contributed by atoms with Gasteiger partial charge in [0.1, 0.15) is 12.4 Å². The monoisotopic (exact) mass is 402 g/mol. The summed E-state index contributed by atoms with van der Waals surface area (Å²) in [6, 6.07) is 14.2. The number of sulfonamides is 1. The van der Waals surface area contributed by atoms with E-state index in [1.165, 1.54) is 22.4 Å². The molecule has 0 N–H and O–H groups in total. The molecule has 1 fully saturated rings. The standard InChI is InChI=1S/C22H30N2O3S/c1-4-20-7-9-21(10-8-20)27-15-16-28(25,26)24-13-11-23(12-14-24)22-17-18(2)5-6-19(22)3/h5-10,17H,4,11-16H2,1-3H3. The van der Waals surface area contributed by atoms with Gasteiger partial charge in [-0.2, -0.15) is 4.31 Å².